The van der Waals surface area contributed by atoms with E-state index >= 15 is 0 Å². The van der Waals surface area contributed by atoms with E-state index in [0.29, 0.717) is 0 Å². The SMILES string of the molecule is S=P1(c2ccccc2)CC=C(c2ccccc2)C1. The maximum absolute atomic E-state index is 5.97. The lowest BCUT2D eigenvalue weighted by molar-refractivity contribution is 1.58. The maximum Gasteiger partial charge on any atom is 0.00612 e. The van der Waals surface area contributed by atoms with Gasteiger partial charge in [0, 0.05) is 6.16 Å². The van der Waals surface area contributed by atoms with Gasteiger partial charge >= 0.3 is 0 Å². The van der Waals surface area contributed by atoms with Gasteiger partial charge in [-0.1, -0.05) is 78.5 Å². The summed E-state index contributed by atoms with van der Waals surface area (Å²) in [4.78, 5) is 0. The number of allylic oxidation sites excluding steroid dienone is 2. The summed E-state index contributed by atoms with van der Waals surface area (Å²) in [5, 5.41) is 1.38. The Bertz CT molecular complexity index is 614. The lowest BCUT2D eigenvalue weighted by Gasteiger charge is -2.16. The van der Waals surface area contributed by atoms with Gasteiger partial charge in [0.25, 0.3) is 0 Å². The van der Waals surface area contributed by atoms with Crippen LogP contribution in [-0.2, 0) is 11.8 Å². The summed E-state index contributed by atoms with van der Waals surface area (Å²) < 4.78 is 0. The van der Waals surface area contributed by atoms with Gasteiger partial charge in [0.2, 0.25) is 0 Å². The van der Waals surface area contributed by atoms with Crippen molar-refractivity contribution in [2.45, 2.75) is 0 Å². The van der Waals surface area contributed by atoms with Crippen LogP contribution in [-0.4, -0.2) is 12.3 Å². The molecule has 0 N–H and O–H groups in total. The van der Waals surface area contributed by atoms with Crippen molar-refractivity contribution in [3.63, 3.8) is 0 Å². The molecule has 0 aromatic heterocycles. The molecule has 0 saturated heterocycles. The minimum atomic E-state index is -1.40. The van der Waals surface area contributed by atoms with E-state index in [9.17, 15) is 0 Å². The Morgan fingerprint density at radius 1 is 0.833 bits per heavy atom. The zero-order valence-corrected chi connectivity index (χ0v) is 11.8. The quantitative estimate of drug-likeness (QED) is 0.746. The molecule has 3 rings (SSSR count). The third-order valence-corrected chi connectivity index (χ3v) is 7.76. The fraction of sp³-hybridized carbons (Fsp3) is 0.125. The largest absolute Gasteiger partial charge is 0.0919 e. The Balaban J connectivity index is 1.89. The van der Waals surface area contributed by atoms with Crippen molar-refractivity contribution in [3.05, 3.63) is 72.3 Å². The average Bonchev–Trinajstić information content (AvgIpc) is 2.85. The Kier molecular flexibility index (Phi) is 3.20. The molecule has 1 unspecified atom stereocenters. The van der Waals surface area contributed by atoms with Crippen LogP contribution in [0, 0.1) is 0 Å². The molecule has 0 saturated carbocycles. The monoisotopic (exact) mass is 270 g/mol. The maximum atomic E-state index is 5.97. The molecule has 0 bridgehead atoms. The molecule has 0 fully saturated rings. The van der Waals surface area contributed by atoms with Crippen molar-refractivity contribution in [1.29, 1.82) is 0 Å². The molecule has 0 spiro atoms. The number of hydrogen-bond acceptors (Lipinski definition) is 1. The first kappa shape index (κ1) is 11.9. The number of rotatable bonds is 2. The van der Waals surface area contributed by atoms with Gasteiger partial charge in [0.05, 0.1) is 0 Å². The van der Waals surface area contributed by atoms with Crippen LogP contribution in [0.1, 0.15) is 5.56 Å². The zero-order chi connectivity index (χ0) is 12.4. The fourth-order valence-electron chi connectivity index (χ4n) is 2.42. The normalized spacial score (nSPS) is 22.8. The van der Waals surface area contributed by atoms with E-state index in [0.717, 1.165) is 12.3 Å². The molecular weight excluding hydrogens is 255 g/mol. The van der Waals surface area contributed by atoms with Gasteiger partial charge in [0.1, 0.15) is 0 Å². The van der Waals surface area contributed by atoms with Crippen LogP contribution in [0.4, 0.5) is 0 Å². The van der Waals surface area contributed by atoms with Gasteiger partial charge in [-0.3, -0.25) is 0 Å². The van der Waals surface area contributed by atoms with Crippen LogP contribution in [0.3, 0.4) is 0 Å². The summed E-state index contributed by atoms with van der Waals surface area (Å²) >= 11 is 5.97. The lowest BCUT2D eigenvalue weighted by Crippen LogP contribution is -2.05. The van der Waals surface area contributed by atoms with Crippen LogP contribution in [0.2, 0.25) is 0 Å². The Morgan fingerprint density at radius 3 is 2.11 bits per heavy atom. The van der Waals surface area contributed by atoms with Crippen molar-refractivity contribution in [1.82, 2.24) is 0 Å². The highest BCUT2D eigenvalue weighted by atomic mass is 32.4. The van der Waals surface area contributed by atoms with E-state index < -0.39 is 6.04 Å². The van der Waals surface area contributed by atoms with Crippen LogP contribution < -0.4 is 5.30 Å². The smallest absolute Gasteiger partial charge is 0.00612 e. The minimum Gasteiger partial charge on any atom is -0.0919 e. The average molecular weight is 270 g/mol. The summed E-state index contributed by atoms with van der Waals surface area (Å²) in [6, 6.07) is 19.9. The van der Waals surface area contributed by atoms with Gasteiger partial charge in [-0.05, 0) is 28.6 Å². The molecule has 2 heteroatoms. The minimum absolute atomic E-state index is 1.07. The summed E-state index contributed by atoms with van der Waals surface area (Å²) in [6.45, 7) is 0. The molecule has 2 aromatic rings. The summed E-state index contributed by atoms with van der Waals surface area (Å²) in [7, 11) is 0. The molecule has 1 atom stereocenters. The molecule has 1 aliphatic heterocycles. The van der Waals surface area contributed by atoms with Gasteiger partial charge in [0.15, 0.2) is 0 Å². The van der Waals surface area contributed by atoms with E-state index in [4.69, 9.17) is 11.8 Å². The van der Waals surface area contributed by atoms with Gasteiger partial charge < -0.3 is 0 Å². The van der Waals surface area contributed by atoms with Crippen LogP contribution in [0.5, 0.6) is 0 Å². The van der Waals surface area contributed by atoms with Crippen molar-refractivity contribution in [3.8, 4) is 0 Å². The predicted molar refractivity (Wildman–Crippen MR) is 84.5 cm³/mol. The van der Waals surface area contributed by atoms with Crippen molar-refractivity contribution in [2.24, 2.45) is 0 Å². The predicted octanol–water partition coefficient (Wildman–Crippen LogP) is 3.89. The zero-order valence-electron chi connectivity index (χ0n) is 10.1. The van der Waals surface area contributed by atoms with E-state index in [1.165, 1.54) is 16.4 Å². The van der Waals surface area contributed by atoms with Gasteiger partial charge in [-0.2, -0.15) is 0 Å². The fourth-order valence-corrected chi connectivity index (χ4v) is 6.04. The molecule has 0 radical (unpaired) electrons. The first-order valence-corrected chi connectivity index (χ1v) is 9.33. The van der Waals surface area contributed by atoms with Gasteiger partial charge in [-0.25, -0.2) is 0 Å². The first-order valence-electron chi connectivity index (χ1n) is 6.16. The Morgan fingerprint density at radius 2 is 1.44 bits per heavy atom. The second-order valence-corrected chi connectivity index (χ2v) is 9.73. The molecule has 0 nitrogen and oxygen atoms in total. The summed E-state index contributed by atoms with van der Waals surface area (Å²) in [6.07, 6.45) is 4.48. The third-order valence-electron chi connectivity index (χ3n) is 3.43. The van der Waals surface area contributed by atoms with E-state index in [2.05, 4.69) is 66.7 Å². The molecule has 90 valence electrons. The second kappa shape index (κ2) is 4.84. The van der Waals surface area contributed by atoms with Crippen LogP contribution in [0.25, 0.3) is 5.57 Å². The Hall–Kier alpha value is -1.17. The molecule has 1 aliphatic rings. The molecule has 0 amide bonds. The van der Waals surface area contributed by atoms with Gasteiger partial charge in [-0.15, -0.1) is 0 Å². The highest BCUT2D eigenvalue weighted by Gasteiger charge is 2.25. The topological polar surface area (TPSA) is 0 Å². The standard InChI is InChI=1S/C16H15PS/c18-17(16-9-5-2-6-10-16)12-11-15(13-17)14-7-3-1-4-8-14/h1-11H,12-13H2. The molecule has 2 aromatic carbocycles. The van der Waals surface area contributed by atoms with Crippen LogP contribution >= 0.6 is 6.04 Å². The second-order valence-electron chi connectivity index (χ2n) is 4.66. The van der Waals surface area contributed by atoms with E-state index in [1.54, 1.807) is 0 Å². The molecular formula is C16H15PS. The highest BCUT2D eigenvalue weighted by Crippen LogP contribution is 2.52. The van der Waals surface area contributed by atoms with Crippen molar-refractivity contribution >= 4 is 28.7 Å². The van der Waals surface area contributed by atoms with Crippen molar-refractivity contribution in [2.75, 3.05) is 12.3 Å². The van der Waals surface area contributed by atoms with Crippen LogP contribution in [0.15, 0.2) is 66.7 Å². The Labute approximate surface area is 113 Å². The lowest BCUT2D eigenvalue weighted by atomic mass is 10.1. The molecule has 18 heavy (non-hydrogen) atoms. The summed E-state index contributed by atoms with van der Waals surface area (Å²) in [5.74, 6) is 0. The van der Waals surface area contributed by atoms with Crippen molar-refractivity contribution < 1.29 is 0 Å². The van der Waals surface area contributed by atoms with E-state index in [-0.39, 0.29) is 0 Å². The highest BCUT2D eigenvalue weighted by molar-refractivity contribution is 8.18. The van der Waals surface area contributed by atoms with E-state index in [1.807, 2.05) is 0 Å². The summed E-state index contributed by atoms with van der Waals surface area (Å²) in [5.41, 5.74) is 2.77. The number of hydrogen-bond donors (Lipinski definition) is 0. The number of benzene rings is 2. The molecule has 0 aliphatic carbocycles. The third kappa shape index (κ3) is 2.21. The molecule has 1 heterocycles. The first-order chi connectivity index (χ1) is 8.78.